The summed E-state index contributed by atoms with van der Waals surface area (Å²) in [6, 6.07) is 16.3. The third-order valence-electron chi connectivity index (χ3n) is 6.22. The van der Waals surface area contributed by atoms with Crippen LogP contribution < -0.4 is 14.6 Å². The summed E-state index contributed by atoms with van der Waals surface area (Å²) in [5.74, 6) is 0.680. The zero-order chi connectivity index (χ0) is 22.5. The van der Waals surface area contributed by atoms with E-state index in [9.17, 15) is 13.2 Å². The number of hydrogen-bond donors (Lipinski definition) is 1. The van der Waals surface area contributed by atoms with Crippen molar-refractivity contribution in [3.63, 3.8) is 0 Å². The number of sulfonamides is 1. The number of carbonyl (C=O) groups is 1. The van der Waals surface area contributed by atoms with E-state index >= 15 is 0 Å². The molecule has 1 amide bonds. The van der Waals surface area contributed by atoms with Crippen molar-refractivity contribution >= 4 is 15.9 Å². The molecule has 0 bridgehead atoms. The van der Waals surface area contributed by atoms with Crippen molar-refractivity contribution in [1.29, 1.82) is 0 Å². The van der Waals surface area contributed by atoms with Gasteiger partial charge in [0.15, 0.2) is 5.60 Å². The smallest absolute Gasteiger partial charge is 0.253 e. The lowest BCUT2D eigenvalue weighted by atomic mass is 9.86. The van der Waals surface area contributed by atoms with Gasteiger partial charge in [-0.1, -0.05) is 12.1 Å². The maximum atomic E-state index is 13.1. The van der Waals surface area contributed by atoms with Gasteiger partial charge in [0, 0.05) is 40.5 Å². The highest BCUT2D eigenvalue weighted by molar-refractivity contribution is 7.89. The number of rotatable bonds is 3. The van der Waals surface area contributed by atoms with Crippen LogP contribution in [-0.2, 0) is 15.6 Å². The third-order valence-corrected chi connectivity index (χ3v) is 7.15. The highest BCUT2D eigenvalue weighted by atomic mass is 32.2. The number of aromatic nitrogens is 1. The summed E-state index contributed by atoms with van der Waals surface area (Å²) >= 11 is 0. The number of piperidine rings is 1. The second kappa shape index (κ2) is 7.39. The van der Waals surface area contributed by atoms with E-state index in [1.807, 2.05) is 36.5 Å². The van der Waals surface area contributed by atoms with E-state index in [0.717, 1.165) is 17.1 Å². The average molecular weight is 458 g/mol. The van der Waals surface area contributed by atoms with Gasteiger partial charge < -0.3 is 18.9 Å². The Morgan fingerprint density at radius 2 is 1.88 bits per heavy atom. The van der Waals surface area contributed by atoms with Crippen LogP contribution in [0.5, 0.6) is 11.5 Å². The molecule has 0 radical (unpaired) electrons. The van der Waals surface area contributed by atoms with Gasteiger partial charge >= 0.3 is 0 Å². The molecule has 9 heteroatoms. The first-order chi connectivity index (χ1) is 15.3. The molecular formula is C23H27N3O5S. The number of fused-ring (bicyclic) bond motifs is 4. The van der Waals surface area contributed by atoms with Crippen molar-refractivity contribution in [2.75, 3.05) is 20.2 Å². The maximum Gasteiger partial charge on any atom is 0.253 e. The lowest BCUT2D eigenvalue weighted by Gasteiger charge is -2.45. The first-order valence-corrected chi connectivity index (χ1v) is 11.8. The van der Waals surface area contributed by atoms with E-state index in [4.69, 9.17) is 14.6 Å². The molecule has 5 rings (SSSR count). The summed E-state index contributed by atoms with van der Waals surface area (Å²) < 4.78 is 37.6. The van der Waals surface area contributed by atoms with Crippen LogP contribution in [0.2, 0.25) is 0 Å². The fraction of sp³-hybridized carbons (Fsp3) is 0.261. The van der Waals surface area contributed by atoms with Crippen LogP contribution in [0, 0.1) is 0 Å². The summed E-state index contributed by atoms with van der Waals surface area (Å²) in [5.41, 5.74) is 1.82. The first kappa shape index (κ1) is 20.6. The number of nitrogens with two attached hydrogens (primary N) is 1. The molecule has 0 unspecified atom stereocenters. The van der Waals surface area contributed by atoms with Gasteiger partial charge in [0.25, 0.3) is 5.91 Å². The van der Waals surface area contributed by atoms with Gasteiger partial charge in [-0.25, -0.2) is 13.6 Å². The molecule has 1 saturated heterocycles. The number of amides is 1. The lowest BCUT2D eigenvalue weighted by molar-refractivity contribution is -0.00931. The van der Waals surface area contributed by atoms with Crippen LogP contribution in [0.15, 0.2) is 65.7 Å². The summed E-state index contributed by atoms with van der Waals surface area (Å²) in [7, 11) is -2.67. The Labute approximate surface area is 189 Å². The Morgan fingerprint density at radius 1 is 1.12 bits per heavy atom. The van der Waals surface area contributed by atoms with Crippen LogP contribution in [0.25, 0.3) is 5.69 Å². The van der Waals surface area contributed by atoms with Crippen molar-refractivity contribution in [1.82, 2.24) is 9.47 Å². The standard InChI is InChI=1S/C23H23N3O5S.2H2/c1-30-19-9-8-16(15-20(19)32(24,28)29)22(27)25-13-10-23(11-14-25)21-7-4-12-26(21)17-5-2-3-6-18(17)31-23;;/h2-9,12,15H,10-11,13-14H2,1H3,(H2,24,28,29);2*1H. The molecule has 32 heavy (non-hydrogen) atoms. The second-order valence-electron chi connectivity index (χ2n) is 8.03. The minimum atomic E-state index is -4.03. The number of ether oxygens (including phenoxy) is 2. The number of nitrogens with zero attached hydrogens (tertiary/aromatic N) is 2. The van der Waals surface area contributed by atoms with Crippen LogP contribution >= 0.6 is 0 Å². The number of methoxy groups -OCH3 is 1. The molecule has 2 aliphatic rings. The molecule has 1 aromatic heterocycles. The molecule has 1 fully saturated rings. The molecule has 3 aromatic rings. The molecule has 8 nitrogen and oxygen atoms in total. The van der Waals surface area contributed by atoms with Gasteiger partial charge in [-0.3, -0.25) is 4.79 Å². The first-order valence-electron chi connectivity index (χ1n) is 10.3. The van der Waals surface area contributed by atoms with Gasteiger partial charge in [0.05, 0.1) is 18.5 Å². The van der Waals surface area contributed by atoms with E-state index in [1.54, 1.807) is 11.0 Å². The number of likely N-dealkylation sites (tertiary alicyclic amines) is 1. The Bertz CT molecular complexity index is 1320. The minimum absolute atomic E-state index is 0. The largest absolute Gasteiger partial charge is 0.495 e. The Kier molecular flexibility index (Phi) is 4.75. The maximum absolute atomic E-state index is 13.1. The van der Waals surface area contributed by atoms with Gasteiger partial charge in [-0.15, -0.1) is 0 Å². The average Bonchev–Trinajstić information content (AvgIpc) is 3.30. The van der Waals surface area contributed by atoms with E-state index in [0.29, 0.717) is 25.9 Å². The number of primary sulfonamides is 1. The molecule has 0 aliphatic carbocycles. The van der Waals surface area contributed by atoms with Gasteiger partial charge in [-0.2, -0.15) is 0 Å². The molecule has 1 spiro atoms. The third kappa shape index (κ3) is 3.25. The number of benzene rings is 2. The number of hydrogen-bond acceptors (Lipinski definition) is 5. The van der Waals surface area contributed by atoms with E-state index < -0.39 is 15.6 Å². The molecule has 170 valence electrons. The second-order valence-corrected chi connectivity index (χ2v) is 9.56. The summed E-state index contributed by atoms with van der Waals surface area (Å²) in [4.78, 5) is 14.7. The summed E-state index contributed by atoms with van der Waals surface area (Å²) in [6.45, 7) is 0.950. The fourth-order valence-electron chi connectivity index (χ4n) is 4.61. The number of carbonyl (C=O) groups excluding carboxylic acids is 1. The quantitative estimate of drug-likeness (QED) is 0.651. The fourth-order valence-corrected chi connectivity index (χ4v) is 5.33. The highest BCUT2D eigenvalue weighted by Gasteiger charge is 2.44. The van der Waals surface area contributed by atoms with Gasteiger partial charge in [0.2, 0.25) is 10.0 Å². The summed E-state index contributed by atoms with van der Waals surface area (Å²) in [5, 5.41) is 5.30. The molecule has 0 saturated carbocycles. The monoisotopic (exact) mass is 457 g/mol. The molecule has 2 aromatic carbocycles. The predicted molar refractivity (Wildman–Crippen MR) is 122 cm³/mol. The Morgan fingerprint density at radius 3 is 2.59 bits per heavy atom. The molecule has 2 N–H and O–H groups in total. The van der Waals surface area contributed by atoms with Crippen LogP contribution in [-0.4, -0.2) is 44.0 Å². The zero-order valence-electron chi connectivity index (χ0n) is 17.5. The molecule has 0 atom stereocenters. The van der Waals surface area contributed by atoms with Crippen LogP contribution in [0.4, 0.5) is 0 Å². The van der Waals surface area contributed by atoms with Crippen molar-refractivity contribution < 1.29 is 25.5 Å². The minimum Gasteiger partial charge on any atom is -0.495 e. The normalized spacial score (nSPS) is 16.8. The van der Waals surface area contributed by atoms with Gasteiger partial charge in [-0.05, 0) is 42.5 Å². The van der Waals surface area contributed by atoms with Crippen molar-refractivity contribution in [3.8, 4) is 17.2 Å². The SMILES string of the molecule is COc1ccc(C(=O)N2CCC3(CC2)Oc2ccccc2-n2cccc23)cc1S(N)(=O)=O.[HH].[HH]. The lowest BCUT2D eigenvalue weighted by Crippen LogP contribution is -2.50. The predicted octanol–water partition coefficient (Wildman–Crippen LogP) is 3.15. The van der Waals surface area contributed by atoms with E-state index in [-0.39, 0.29) is 25.0 Å². The van der Waals surface area contributed by atoms with Crippen molar-refractivity contribution in [2.24, 2.45) is 5.14 Å². The molecule has 3 heterocycles. The summed E-state index contributed by atoms with van der Waals surface area (Å²) in [6.07, 6.45) is 3.27. The van der Waals surface area contributed by atoms with Gasteiger partial charge in [0.1, 0.15) is 16.4 Å². The van der Waals surface area contributed by atoms with Crippen LogP contribution in [0.1, 0.15) is 31.7 Å². The Hall–Kier alpha value is -3.30. The molecule has 2 aliphatic heterocycles. The Balaban J connectivity index is 0.00000162. The zero-order valence-corrected chi connectivity index (χ0v) is 18.3. The van der Waals surface area contributed by atoms with E-state index in [2.05, 4.69) is 10.6 Å². The van der Waals surface area contributed by atoms with Crippen molar-refractivity contribution in [2.45, 2.75) is 23.3 Å². The molecular weight excluding hydrogens is 430 g/mol. The van der Waals surface area contributed by atoms with Crippen LogP contribution in [0.3, 0.4) is 0 Å². The van der Waals surface area contributed by atoms with E-state index in [1.165, 1.54) is 19.2 Å². The highest BCUT2D eigenvalue weighted by Crippen LogP contribution is 2.45. The topological polar surface area (TPSA) is 104 Å². The number of para-hydroxylation sites is 2. The van der Waals surface area contributed by atoms with Crippen molar-refractivity contribution in [3.05, 3.63) is 72.1 Å².